The lowest BCUT2D eigenvalue weighted by molar-refractivity contribution is -0.138. The zero-order valence-electron chi connectivity index (χ0n) is 18.2. The molecule has 1 atom stereocenters. The Bertz CT molecular complexity index is 1010. The summed E-state index contributed by atoms with van der Waals surface area (Å²) < 4.78 is 5.92. The van der Waals surface area contributed by atoms with E-state index in [0.717, 1.165) is 34.1 Å². The van der Waals surface area contributed by atoms with Crippen molar-refractivity contribution in [1.29, 1.82) is 0 Å². The number of anilines is 1. The van der Waals surface area contributed by atoms with Gasteiger partial charge in [0, 0.05) is 32.4 Å². The molecule has 1 unspecified atom stereocenters. The molecule has 0 bridgehead atoms. The first-order valence-electron chi connectivity index (χ1n) is 10.5. The van der Waals surface area contributed by atoms with Crippen LogP contribution in [0.25, 0.3) is 11.4 Å². The highest BCUT2D eigenvalue weighted by Gasteiger charge is 2.26. The number of pyridine rings is 1. The second-order valence-electron chi connectivity index (χ2n) is 7.89. The van der Waals surface area contributed by atoms with Crippen LogP contribution in [0.15, 0.2) is 54.7 Å². The summed E-state index contributed by atoms with van der Waals surface area (Å²) in [4.78, 5) is 21.2. The average Bonchev–Trinajstić information content (AvgIpc) is 2.79. The molecule has 31 heavy (non-hydrogen) atoms. The van der Waals surface area contributed by atoms with E-state index in [2.05, 4.69) is 26.1 Å². The van der Waals surface area contributed by atoms with Gasteiger partial charge in [0.25, 0.3) is 5.91 Å². The van der Waals surface area contributed by atoms with Gasteiger partial charge in [-0.3, -0.25) is 9.78 Å². The molecule has 3 heterocycles. The van der Waals surface area contributed by atoms with E-state index >= 15 is 0 Å². The molecule has 0 saturated carbocycles. The third kappa shape index (κ3) is 4.99. The fourth-order valence-electron chi connectivity index (χ4n) is 3.81. The average molecular weight is 418 g/mol. The molecule has 1 saturated heterocycles. The van der Waals surface area contributed by atoms with Crippen molar-refractivity contribution in [2.45, 2.75) is 26.9 Å². The van der Waals surface area contributed by atoms with Crippen LogP contribution in [-0.4, -0.2) is 58.3 Å². The molecule has 2 aromatic heterocycles. The summed E-state index contributed by atoms with van der Waals surface area (Å²) in [5.41, 5.74) is 3.79. The Balaban J connectivity index is 1.33. The minimum absolute atomic E-state index is 0.00962. The van der Waals surface area contributed by atoms with Gasteiger partial charge in [0.2, 0.25) is 0 Å². The summed E-state index contributed by atoms with van der Waals surface area (Å²) >= 11 is 0. The summed E-state index contributed by atoms with van der Waals surface area (Å²) in [5, 5.41) is 8.68. The van der Waals surface area contributed by atoms with Crippen molar-refractivity contribution >= 4 is 11.7 Å². The minimum atomic E-state index is -0.523. The van der Waals surface area contributed by atoms with Crippen molar-refractivity contribution < 1.29 is 9.53 Å². The van der Waals surface area contributed by atoms with Crippen molar-refractivity contribution in [2.24, 2.45) is 0 Å². The van der Waals surface area contributed by atoms with Crippen LogP contribution in [0.3, 0.4) is 0 Å². The fraction of sp³-hybridized carbons (Fsp3) is 0.333. The van der Waals surface area contributed by atoms with Crippen LogP contribution < -0.4 is 9.64 Å². The highest BCUT2D eigenvalue weighted by atomic mass is 16.5. The van der Waals surface area contributed by atoms with Crippen LogP contribution in [0.4, 0.5) is 5.82 Å². The van der Waals surface area contributed by atoms with E-state index in [9.17, 15) is 4.79 Å². The Morgan fingerprint density at radius 1 is 0.935 bits per heavy atom. The minimum Gasteiger partial charge on any atom is -0.481 e. The molecule has 160 valence electrons. The van der Waals surface area contributed by atoms with Crippen molar-refractivity contribution in [3.63, 3.8) is 0 Å². The third-order valence-electron chi connectivity index (χ3n) is 5.35. The number of carbonyl (C=O) groups excluding carboxylic acids is 1. The molecule has 0 aliphatic carbocycles. The van der Waals surface area contributed by atoms with Gasteiger partial charge in [0.15, 0.2) is 11.9 Å². The molecule has 1 fully saturated rings. The molecule has 1 amide bonds. The van der Waals surface area contributed by atoms with Crippen molar-refractivity contribution in [3.8, 4) is 17.1 Å². The number of ether oxygens (including phenoxy) is 1. The topological polar surface area (TPSA) is 71.5 Å². The molecule has 4 rings (SSSR count). The number of aryl methyl sites for hydroxylation is 2. The Morgan fingerprint density at radius 3 is 2.29 bits per heavy atom. The van der Waals surface area contributed by atoms with Gasteiger partial charge in [0.1, 0.15) is 11.4 Å². The van der Waals surface area contributed by atoms with Gasteiger partial charge >= 0.3 is 0 Å². The zero-order chi connectivity index (χ0) is 21.8. The number of hydrogen-bond acceptors (Lipinski definition) is 6. The Kier molecular flexibility index (Phi) is 6.11. The Hall–Kier alpha value is -3.48. The van der Waals surface area contributed by atoms with Gasteiger partial charge in [-0.2, -0.15) is 0 Å². The van der Waals surface area contributed by atoms with Gasteiger partial charge < -0.3 is 14.5 Å². The largest absolute Gasteiger partial charge is 0.481 e. The van der Waals surface area contributed by atoms with Crippen LogP contribution in [0.1, 0.15) is 18.1 Å². The van der Waals surface area contributed by atoms with Crippen molar-refractivity contribution in [2.75, 3.05) is 31.1 Å². The molecular weight excluding hydrogens is 390 g/mol. The maximum absolute atomic E-state index is 12.9. The first-order valence-corrected chi connectivity index (χ1v) is 10.5. The highest BCUT2D eigenvalue weighted by Crippen LogP contribution is 2.20. The molecule has 1 aliphatic heterocycles. The van der Waals surface area contributed by atoms with Crippen LogP contribution in [0.2, 0.25) is 0 Å². The molecule has 0 radical (unpaired) electrons. The number of nitrogens with zero attached hydrogens (tertiary/aromatic N) is 5. The number of benzene rings is 1. The quantitative estimate of drug-likeness (QED) is 0.635. The Labute approximate surface area is 182 Å². The van der Waals surface area contributed by atoms with Gasteiger partial charge in [-0.15, -0.1) is 10.2 Å². The monoisotopic (exact) mass is 417 g/mol. The molecule has 0 spiro atoms. The van der Waals surface area contributed by atoms with E-state index in [-0.39, 0.29) is 5.91 Å². The van der Waals surface area contributed by atoms with E-state index in [4.69, 9.17) is 4.74 Å². The third-order valence-corrected chi connectivity index (χ3v) is 5.35. The number of rotatable bonds is 5. The van der Waals surface area contributed by atoms with Crippen LogP contribution in [0.5, 0.6) is 5.75 Å². The summed E-state index contributed by atoms with van der Waals surface area (Å²) in [6.07, 6.45) is 1.22. The number of hydrogen-bond donors (Lipinski definition) is 0. The van der Waals surface area contributed by atoms with Crippen molar-refractivity contribution in [1.82, 2.24) is 20.1 Å². The van der Waals surface area contributed by atoms with Gasteiger partial charge in [0.05, 0.1) is 5.69 Å². The zero-order valence-corrected chi connectivity index (χ0v) is 18.2. The normalized spacial score (nSPS) is 14.9. The van der Waals surface area contributed by atoms with E-state index in [0.29, 0.717) is 26.2 Å². The van der Waals surface area contributed by atoms with E-state index in [1.54, 1.807) is 6.20 Å². The first kappa shape index (κ1) is 20.8. The first-order chi connectivity index (χ1) is 15.0. The van der Waals surface area contributed by atoms with Crippen LogP contribution >= 0.6 is 0 Å². The van der Waals surface area contributed by atoms with Crippen molar-refractivity contribution in [3.05, 3.63) is 65.9 Å². The standard InChI is InChI=1S/C24H27N5O2/c1-17-14-18(2)16-20(15-17)31-19(3)24(30)29-12-10-28(11-13-29)23-8-7-22(26-27-23)21-6-4-5-9-25-21/h4-9,14-16,19H,10-13H2,1-3H3. The lowest BCUT2D eigenvalue weighted by atomic mass is 10.1. The van der Waals surface area contributed by atoms with Gasteiger partial charge in [-0.1, -0.05) is 12.1 Å². The molecule has 3 aromatic rings. The maximum Gasteiger partial charge on any atom is 0.263 e. The molecule has 1 aliphatic rings. The fourth-order valence-corrected chi connectivity index (χ4v) is 3.81. The predicted molar refractivity (Wildman–Crippen MR) is 120 cm³/mol. The molecule has 0 N–H and O–H groups in total. The number of carbonyl (C=O) groups is 1. The van der Waals surface area contributed by atoms with Gasteiger partial charge in [-0.05, 0) is 68.3 Å². The molecule has 7 heteroatoms. The van der Waals surface area contributed by atoms with E-state index < -0.39 is 6.10 Å². The molecular formula is C24H27N5O2. The smallest absolute Gasteiger partial charge is 0.263 e. The van der Waals surface area contributed by atoms with E-state index in [1.165, 1.54) is 0 Å². The number of amides is 1. The summed E-state index contributed by atoms with van der Waals surface area (Å²) in [5.74, 6) is 1.56. The van der Waals surface area contributed by atoms with Crippen LogP contribution in [-0.2, 0) is 4.79 Å². The van der Waals surface area contributed by atoms with E-state index in [1.807, 2.05) is 68.1 Å². The summed E-state index contributed by atoms with van der Waals surface area (Å²) in [6.45, 7) is 8.54. The number of piperazine rings is 1. The molecule has 1 aromatic carbocycles. The van der Waals surface area contributed by atoms with Crippen LogP contribution in [0, 0.1) is 13.8 Å². The second-order valence-corrected chi connectivity index (χ2v) is 7.89. The second kappa shape index (κ2) is 9.12. The molecule has 7 nitrogen and oxygen atoms in total. The number of aromatic nitrogens is 3. The Morgan fingerprint density at radius 2 is 1.68 bits per heavy atom. The summed E-state index contributed by atoms with van der Waals surface area (Å²) in [7, 11) is 0. The lowest BCUT2D eigenvalue weighted by Crippen LogP contribution is -2.52. The summed E-state index contributed by atoms with van der Waals surface area (Å²) in [6, 6.07) is 15.6. The maximum atomic E-state index is 12.9. The predicted octanol–water partition coefficient (Wildman–Crippen LogP) is 3.27. The SMILES string of the molecule is Cc1cc(C)cc(OC(C)C(=O)N2CCN(c3ccc(-c4ccccn4)nn3)CC2)c1. The highest BCUT2D eigenvalue weighted by molar-refractivity contribution is 5.81. The van der Waals surface area contributed by atoms with Gasteiger partial charge in [-0.25, -0.2) is 0 Å². The lowest BCUT2D eigenvalue weighted by Gasteiger charge is -2.36.